The minimum Gasteiger partial charge on any atom is -0.465 e. The van der Waals surface area contributed by atoms with Crippen molar-refractivity contribution >= 4 is 17.1 Å². The van der Waals surface area contributed by atoms with E-state index in [0.29, 0.717) is 22.6 Å². The van der Waals surface area contributed by atoms with Crippen LogP contribution in [0, 0.1) is 0 Å². The molecule has 1 aromatic heterocycles. The summed E-state index contributed by atoms with van der Waals surface area (Å²) >= 11 is 0. The van der Waals surface area contributed by atoms with Crippen molar-refractivity contribution in [2.75, 3.05) is 14.2 Å². The summed E-state index contributed by atoms with van der Waals surface area (Å²) in [4.78, 5) is 16.2. The summed E-state index contributed by atoms with van der Waals surface area (Å²) in [6, 6.07) is 13.2. The first kappa shape index (κ1) is 14.3. The van der Waals surface area contributed by atoms with Crippen molar-refractivity contribution in [2.24, 2.45) is 0 Å². The highest BCUT2D eigenvalue weighted by molar-refractivity contribution is 6.01. The van der Waals surface area contributed by atoms with Crippen molar-refractivity contribution in [3.8, 4) is 11.5 Å². The molecule has 5 nitrogen and oxygen atoms in total. The number of esters is 1. The second kappa shape index (κ2) is 5.99. The number of aromatic nitrogens is 1. The Kier molecular flexibility index (Phi) is 3.89. The Hall–Kier alpha value is -2.66. The van der Waals surface area contributed by atoms with Crippen LogP contribution in [0.4, 0.5) is 0 Å². The molecule has 0 fully saturated rings. The summed E-state index contributed by atoms with van der Waals surface area (Å²) in [5, 5.41) is 3.10. The predicted molar refractivity (Wildman–Crippen MR) is 83.5 cm³/mol. The molecule has 112 valence electrons. The minimum absolute atomic E-state index is 0.380. The number of fused-ring (bicyclic) bond motifs is 1. The molecule has 0 saturated heterocycles. The fourth-order valence-electron chi connectivity index (χ4n) is 2.31. The van der Waals surface area contributed by atoms with Crippen LogP contribution in [-0.4, -0.2) is 25.1 Å². The van der Waals surface area contributed by atoms with E-state index in [2.05, 4.69) is 10.3 Å². The number of rotatable bonds is 4. The number of ether oxygens (including phenoxy) is 1. The highest BCUT2D eigenvalue weighted by Crippen LogP contribution is 2.27. The molecule has 0 radical (unpaired) electrons. The smallest absolute Gasteiger partial charge is 0.341 e. The van der Waals surface area contributed by atoms with E-state index < -0.39 is 5.97 Å². The van der Waals surface area contributed by atoms with Gasteiger partial charge in [0.2, 0.25) is 5.89 Å². The van der Waals surface area contributed by atoms with Crippen LogP contribution in [-0.2, 0) is 11.3 Å². The highest BCUT2D eigenvalue weighted by Gasteiger charge is 2.16. The molecule has 0 aliphatic carbocycles. The van der Waals surface area contributed by atoms with Crippen molar-refractivity contribution in [1.82, 2.24) is 10.3 Å². The Labute approximate surface area is 127 Å². The molecule has 0 aliphatic rings. The molecule has 3 rings (SSSR count). The van der Waals surface area contributed by atoms with Crippen molar-refractivity contribution < 1.29 is 13.9 Å². The summed E-state index contributed by atoms with van der Waals surface area (Å²) in [6.45, 7) is 0.806. The average molecular weight is 296 g/mol. The number of nitrogens with zero attached hydrogens (tertiary/aromatic N) is 1. The lowest BCUT2D eigenvalue weighted by Crippen LogP contribution is -2.04. The zero-order valence-corrected chi connectivity index (χ0v) is 12.4. The Morgan fingerprint density at radius 2 is 2.00 bits per heavy atom. The first-order valence-electron chi connectivity index (χ1n) is 6.94. The molecule has 22 heavy (non-hydrogen) atoms. The minimum atomic E-state index is -0.433. The molecule has 1 heterocycles. The number of methoxy groups -OCH3 is 1. The first-order chi connectivity index (χ1) is 10.7. The fraction of sp³-hybridized carbons (Fsp3) is 0.176. The van der Waals surface area contributed by atoms with Crippen LogP contribution in [0.1, 0.15) is 15.9 Å². The van der Waals surface area contributed by atoms with E-state index in [0.717, 1.165) is 12.1 Å². The van der Waals surface area contributed by atoms with Gasteiger partial charge in [-0.2, -0.15) is 0 Å². The lowest BCUT2D eigenvalue weighted by molar-refractivity contribution is 0.0602. The molecule has 0 aliphatic heterocycles. The summed E-state index contributed by atoms with van der Waals surface area (Å²) < 4.78 is 10.5. The van der Waals surface area contributed by atoms with Crippen molar-refractivity contribution in [2.45, 2.75) is 6.54 Å². The molecule has 1 N–H and O–H groups in total. The van der Waals surface area contributed by atoms with Gasteiger partial charge in [-0.3, -0.25) is 0 Å². The highest BCUT2D eigenvalue weighted by atomic mass is 16.5. The van der Waals surface area contributed by atoms with Crippen LogP contribution < -0.4 is 5.32 Å². The zero-order chi connectivity index (χ0) is 15.5. The molecule has 0 spiro atoms. The van der Waals surface area contributed by atoms with E-state index in [9.17, 15) is 4.79 Å². The second-order valence-corrected chi connectivity index (χ2v) is 4.89. The maximum absolute atomic E-state index is 11.8. The molecular formula is C17H16N2O3. The number of para-hydroxylation sites is 1. The molecule has 0 bridgehead atoms. The van der Waals surface area contributed by atoms with Gasteiger partial charge in [-0.05, 0) is 36.9 Å². The Balaban J connectivity index is 2.03. The topological polar surface area (TPSA) is 64.4 Å². The average Bonchev–Trinajstić information content (AvgIpc) is 2.99. The van der Waals surface area contributed by atoms with Gasteiger partial charge in [0, 0.05) is 12.1 Å². The van der Waals surface area contributed by atoms with E-state index in [1.54, 1.807) is 12.1 Å². The molecule has 0 atom stereocenters. The van der Waals surface area contributed by atoms with Crippen LogP contribution in [0.25, 0.3) is 22.6 Å². The number of hydrogen-bond donors (Lipinski definition) is 1. The fourth-order valence-corrected chi connectivity index (χ4v) is 2.31. The lowest BCUT2D eigenvalue weighted by atomic mass is 10.1. The van der Waals surface area contributed by atoms with Crippen molar-refractivity contribution in [1.29, 1.82) is 0 Å². The maximum Gasteiger partial charge on any atom is 0.341 e. The molecule has 0 amide bonds. The van der Waals surface area contributed by atoms with Gasteiger partial charge in [-0.25, -0.2) is 9.78 Å². The maximum atomic E-state index is 11.8. The van der Waals surface area contributed by atoms with Gasteiger partial charge in [0.25, 0.3) is 0 Å². The van der Waals surface area contributed by atoms with Crippen LogP contribution in [0.3, 0.4) is 0 Å². The quantitative estimate of drug-likeness (QED) is 0.750. The lowest BCUT2D eigenvalue weighted by Gasteiger charge is -2.00. The van der Waals surface area contributed by atoms with Crippen LogP contribution in [0.2, 0.25) is 0 Å². The SMILES string of the molecule is CNCc1ccc(-c2nc3cccc(C(=O)OC)c3o2)cc1. The Morgan fingerprint density at radius 1 is 1.23 bits per heavy atom. The predicted octanol–water partition coefficient (Wildman–Crippen LogP) is 3.00. The van der Waals surface area contributed by atoms with Gasteiger partial charge >= 0.3 is 5.97 Å². The zero-order valence-electron chi connectivity index (χ0n) is 12.4. The Bertz CT molecular complexity index is 806. The molecule has 0 saturated carbocycles. The molecular weight excluding hydrogens is 280 g/mol. The number of nitrogens with one attached hydrogen (secondary N) is 1. The second-order valence-electron chi connectivity index (χ2n) is 4.89. The van der Waals surface area contributed by atoms with Gasteiger partial charge in [0.1, 0.15) is 11.1 Å². The third-order valence-corrected chi connectivity index (χ3v) is 3.40. The summed E-state index contributed by atoms with van der Waals surface area (Å²) in [5.41, 5.74) is 3.51. The molecule has 5 heteroatoms. The summed E-state index contributed by atoms with van der Waals surface area (Å²) in [5.74, 6) is 0.0556. The van der Waals surface area contributed by atoms with Gasteiger partial charge in [0.05, 0.1) is 7.11 Å². The normalized spacial score (nSPS) is 10.8. The molecule has 0 unspecified atom stereocenters. The molecule has 3 aromatic rings. The standard InChI is InChI=1S/C17H16N2O3/c1-18-10-11-6-8-12(9-7-11)16-19-14-5-3-4-13(15(14)22-16)17(20)21-2/h3-9,18H,10H2,1-2H3. The van der Waals surface area contributed by atoms with Gasteiger partial charge in [-0.1, -0.05) is 18.2 Å². The third-order valence-electron chi connectivity index (χ3n) is 3.40. The van der Waals surface area contributed by atoms with E-state index >= 15 is 0 Å². The van der Waals surface area contributed by atoms with Crippen molar-refractivity contribution in [3.63, 3.8) is 0 Å². The summed E-state index contributed by atoms with van der Waals surface area (Å²) in [7, 11) is 3.25. The number of benzene rings is 2. The van der Waals surface area contributed by atoms with E-state index in [-0.39, 0.29) is 0 Å². The summed E-state index contributed by atoms with van der Waals surface area (Å²) in [6.07, 6.45) is 0. The van der Waals surface area contributed by atoms with Crippen molar-refractivity contribution in [3.05, 3.63) is 53.6 Å². The van der Waals surface area contributed by atoms with Crippen LogP contribution in [0.15, 0.2) is 46.9 Å². The van der Waals surface area contributed by atoms with Crippen LogP contribution >= 0.6 is 0 Å². The monoisotopic (exact) mass is 296 g/mol. The van der Waals surface area contributed by atoms with Gasteiger partial charge in [-0.15, -0.1) is 0 Å². The van der Waals surface area contributed by atoms with Gasteiger partial charge in [0.15, 0.2) is 5.58 Å². The largest absolute Gasteiger partial charge is 0.465 e. The van der Waals surface area contributed by atoms with E-state index in [1.807, 2.05) is 37.4 Å². The number of carbonyl (C=O) groups excluding carboxylic acids is 1. The number of hydrogen-bond acceptors (Lipinski definition) is 5. The third kappa shape index (κ3) is 2.58. The van der Waals surface area contributed by atoms with E-state index in [1.165, 1.54) is 12.7 Å². The van der Waals surface area contributed by atoms with Gasteiger partial charge < -0.3 is 14.5 Å². The Morgan fingerprint density at radius 3 is 2.68 bits per heavy atom. The molecule has 2 aromatic carbocycles. The number of oxazole rings is 1. The van der Waals surface area contributed by atoms with E-state index in [4.69, 9.17) is 9.15 Å². The first-order valence-corrected chi connectivity index (χ1v) is 6.94. The van der Waals surface area contributed by atoms with Crippen LogP contribution in [0.5, 0.6) is 0 Å². The number of carbonyl (C=O) groups is 1.